The molecule has 0 amide bonds. The molecule has 47 heavy (non-hydrogen) atoms. The van der Waals surface area contributed by atoms with Gasteiger partial charge in [0, 0.05) is 12.4 Å². The van der Waals surface area contributed by atoms with Gasteiger partial charge in [-0.05, 0) is 48.5 Å². The molecule has 0 radical (unpaired) electrons. The molecule has 0 spiro atoms. The number of benzene rings is 3. The van der Waals surface area contributed by atoms with Gasteiger partial charge in [0.2, 0.25) is 0 Å². The van der Waals surface area contributed by atoms with E-state index in [2.05, 4.69) is 15.0 Å². The fraction of sp³-hybridized carbons (Fsp3) is 0.143. The highest BCUT2D eigenvalue weighted by atomic mass is 16.7. The molecular weight excluding hydrogens is 602 g/mol. The van der Waals surface area contributed by atoms with Crippen LogP contribution in [-0.2, 0) is 18.9 Å². The van der Waals surface area contributed by atoms with Crippen LogP contribution in [0, 0.1) is 0 Å². The zero-order valence-electron chi connectivity index (χ0n) is 24.7. The first-order chi connectivity index (χ1) is 23.1. The summed E-state index contributed by atoms with van der Waals surface area (Å²) < 4.78 is 27.6. The molecule has 234 valence electrons. The lowest BCUT2D eigenvalue weighted by Gasteiger charge is -2.25. The molecule has 0 saturated carbocycles. The molecule has 0 N–H and O–H groups in total. The van der Waals surface area contributed by atoms with Gasteiger partial charge >= 0.3 is 17.9 Å². The second-order valence-corrected chi connectivity index (χ2v) is 10.6. The number of ether oxygens (including phenoxy) is 4. The molecule has 4 atom stereocenters. The molecule has 1 saturated heterocycles. The second kappa shape index (κ2) is 13.1. The van der Waals surface area contributed by atoms with Crippen LogP contribution >= 0.6 is 0 Å². The zero-order chi connectivity index (χ0) is 32.2. The summed E-state index contributed by atoms with van der Waals surface area (Å²) in [4.78, 5) is 53.3. The van der Waals surface area contributed by atoms with E-state index in [1.807, 2.05) is 24.5 Å². The van der Waals surface area contributed by atoms with Crippen LogP contribution in [0.4, 0.5) is 0 Å². The third-order valence-electron chi connectivity index (χ3n) is 7.64. The van der Waals surface area contributed by atoms with Crippen LogP contribution in [0.15, 0.2) is 128 Å². The maximum absolute atomic E-state index is 13.5. The average molecular weight is 630 g/mol. The predicted octanol–water partition coefficient (Wildman–Crippen LogP) is 4.82. The Kier molecular flexibility index (Phi) is 8.22. The molecule has 3 aromatic carbocycles. The maximum atomic E-state index is 13.5. The first kappa shape index (κ1) is 29.6. The van der Waals surface area contributed by atoms with Crippen LogP contribution in [0.2, 0.25) is 0 Å². The molecule has 1 aliphatic heterocycles. The van der Waals surface area contributed by atoms with Gasteiger partial charge in [-0.1, -0.05) is 54.6 Å². The topological polar surface area (TPSA) is 137 Å². The van der Waals surface area contributed by atoms with Gasteiger partial charge in [-0.25, -0.2) is 29.3 Å². The number of rotatable bonds is 9. The van der Waals surface area contributed by atoms with Gasteiger partial charge in [0.25, 0.3) is 0 Å². The quantitative estimate of drug-likeness (QED) is 0.162. The molecule has 6 aromatic rings. The molecule has 12 nitrogen and oxygen atoms in total. The van der Waals surface area contributed by atoms with Crippen LogP contribution in [0.1, 0.15) is 37.3 Å². The Bertz CT molecular complexity index is 2000. The molecule has 3 aromatic heterocycles. The van der Waals surface area contributed by atoms with Gasteiger partial charge in [0.15, 0.2) is 35.4 Å². The largest absolute Gasteiger partial charge is 0.459 e. The number of carbonyl (C=O) groups excluding carboxylic acids is 3. The van der Waals surface area contributed by atoms with Crippen molar-refractivity contribution in [2.75, 3.05) is 6.61 Å². The molecule has 4 heterocycles. The first-order valence-electron chi connectivity index (χ1n) is 14.8. The minimum absolute atomic E-state index is 0.279. The van der Waals surface area contributed by atoms with Crippen LogP contribution in [0.3, 0.4) is 0 Å². The SMILES string of the molecule is O=C(OC[C@H]1O[C@@H](n2cnc3c(-n4cccc4)ncnc32)[C@H](OC(=O)c2ccccc2)[C@@H]1OC(=O)c1ccccc1)c1ccccc1. The number of imidazole rings is 1. The highest BCUT2D eigenvalue weighted by Gasteiger charge is 2.52. The van der Waals surface area contributed by atoms with Gasteiger partial charge in [-0.3, -0.25) is 4.57 Å². The van der Waals surface area contributed by atoms with Crippen LogP contribution in [0.25, 0.3) is 17.0 Å². The Balaban J connectivity index is 1.27. The molecule has 12 heteroatoms. The summed E-state index contributed by atoms with van der Waals surface area (Å²) in [6.45, 7) is -0.313. The van der Waals surface area contributed by atoms with Gasteiger partial charge in [-0.2, -0.15) is 0 Å². The minimum Gasteiger partial charge on any atom is -0.459 e. The van der Waals surface area contributed by atoms with Crippen LogP contribution < -0.4 is 0 Å². The van der Waals surface area contributed by atoms with Crippen molar-refractivity contribution < 1.29 is 33.3 Å². The van der Waals surface area contributed by atoms with E-state index in [0.29, 0.717) is 22.5 Å². The van der Waals surface area contributed by atoms with E-state index < -0.39 is 42.4 Å². The Morgan fingerprint density at radius 1 is 0.660 bits per heavy atom. The maximum Gasteiger partial charge on any atom is 0.338 e. The van der Waals surface area contributed by atoms with Crippen molar-refractivity contribution in [1.29, 1.82) is 0 Å². The Labute approximate surface area is 268 Å². The second-order valence-electron chi connectivity index (χ2n) is 10.6. The van der Waals surface area contributed by atoms with Crippen molar-refractivity contribution in [2.24, 2.45) is 0 Å². The lowest BCUT2D eigenvalue weighted by Crippen LogP contribution is -2.41. The van der Waals surface area contributed by atoms with E-state index in [0.717, 1.165) is 0 Å². The highest BCUT2D eigenvalue weighted by Crippen LogP contribution is 2.37. The fourth-order valence-electron chi connectivity index (χ4n) is 5.37. The summed E-state index contributed by atoms with van der Waals surface area (Å²) in [6.07, 6.45) is 1.99. The summed E-state index contributed by atoms with van der Waals surface area (Å²) >= 11 is 0. The lowest BCUT2D eigenvalue weighted by molar-refractivity contribution is -0.0606. The summed E-state index contributed by atoms with van der Waals surface area (Å²) in [6, 6.07) is 29.0. The third kappa shape index (κ3) is 6.09. The minimum atomic E-state index is -1.21. The predicted molar refractivity (Wildman–Crippen MR) is 167 cm³/mol. The normalized spacial score (nSPS) is 18.9. The standard InChI is InChI=1S/C35H27N5O7/c41-33(23-12-4-1-5-13-23)44-20-26-28(46-34(42)24-14-6-2-7-15-24)29(47-35(43)25-16-8-3-9-17-25)32(45-26)40-22-38-27-30(36-21-37-31(27)40)39-18-10-11-19-39/h1-19,21-22,26,28-29,32H,20H2/t26-,28-,29-,32-/m1/s1. The van der Waals surface area contributed by atoms with Crippen LogP contribution in [0.5, 0.6) is 0 Å². The number of hydrogen-bond donors (Lipinski definition) is 0. The molecule has 1 aliphatic rings. The van der Waals surface area contributed by atoms with E-state index >= 15 is 0 Å². The van der Waals surface area contributed by atoms with Crippen molar-refractivity contribution in [2.45, 2.75) is 24.5 Å². The molecular formula is C35H27N5O7. The summed E-state index contributed by atoms with van der Waals surface area (Å²) in [7, 11) is 0. The van der Waals surface area contributed by atoms with Gasteiger partial charge in [0.1, 0.15) is 19.0 Å². The smallest absolute Gasteiger partial charge is 0.338 e. The molecule has 7 rings (SSSR count). The Hall–Kier alpha value is -6.14. The lowest BCUT2D eigenvalue weighted by atomic mass is 10.1. The van der Waals surface area contributed by atoms with Crippen molar-refractivity contribution in [3.8, 4) is 5.82 Å². The van der Waals surface area contributed by atoms with E-state index in [1.165, 1.54) is 12.7 Å². The number of esters is 3. The van der Waals surface area contributed by atoms with Crippen molar-refractivity contribution in [3.05, 3.63) is 145 Å². The average Bonchev–Trinajstić information content (AvgIpc) is 3.88. The molecule has 0 bridgehead atoms. The molecule has 0 unspecified atom stereocenters. The molecule has 0 aliphatic carbocycles. The number of carbonyl (C=O) groups is 3. The zero-order valence-corrected chi connectivity index (χ0v) is 24.7. The van der Waals surface area contributed by atoms with E-state index in [9.17, 15) is 14.4 Å². The summed E-state index contributed by atoms with van der Waals surface area (Å²) in [5.41, 5.74) is 1.73. The first-order valence-corrected chi connectivity index (χ1v) is 14.8. The van der Waals surface area contributed by atoms with E-state index in [1.54, 1.807) is 100 Å². The van der Waals surface area contributed by atoms with E-state index in [4.69, 9.17) is 18.9 Å². The third-order valence-corrected chi connectivity index (χ3v) is 7.64. The van der Waals surface area contributed by atoms with Gasteiger partial charge in [0.05, 0.1) is 23.0 Å². The summed E-state index contributed by atoms with van der Waals surface area (Å²) in [5.74, 6) is -1.41. The van der Waals surface area contributed by atoms with E-state index in [-0.39, 0.29) is 17.7 Å². The number of hydrogen-bond acceptors (Lipinski definition) is 10. The van der Waals surface area contributed by atoms with Gasteiger partial charge in [-0.15, -0.1) is 0 Å². The Morgan fingerprint density at radius 2 is 1.21 bits per heavy atom. The molecule has 1 fully saturated rings. The fourth-order valence-corrected chi connectivity index (χ4v) is 5.37. The van der Waals surface area contributed by atoms with Crippen molar-refractivity contribution >= 4 is 29.1 Å². The van der Waals surface area contributed by atoms with Crippen LogP contribution in [-0.4, -0.2) is 66.9 Å². The number of aromatic nitrogens is 5. The van der Waals surface area contributed by atoms with Crippen molar-refractivity contribution in [1.82, 2.24) is 24.1 Å². The highest BCUT2D eigenvalue weighted by molar-refractivity contribution is 5.91. The number of nitrogens with zero attached hydrogens (tertiary/aromatic N) is 5. The van der Waals surface area contributed by atoms with Crippen molar-refractivity contribution in [3.63, 3.8) is 0 Å². The monoisotopic (exact) mass is 629 g/mol. The Morgan fingerprint density at radius 3 is 1.81 bits per heavy atom. The summed E-state index contributed by atoms with van der Waals surface area (Å²) in [5, 5.41) is 0. The van der Waals surface area contributed by atoms with Gasteiger partial charge < -0.3 is 23.5 Å². The number of fused-ring (bicyclic) bond motifs is 1.